The number of hydrogen-bond donors (Lipinski definition) is 0. The first-order valence-corrected chi connectivity index (χ1v) is 7.20. The Bertz CT molecular complexity index is 471. The Kier molecular flexibility index (Phi) is 4.65. The molecule has 0 fully saturated rings. The molecule has 0 radical (unpaired) electrons. The van der Waals surface area contributed by atoms with Crippen LogP contribution in [-0.4, -0.2) is 55.0 Å². The van der Waals surface area contributed by atoms with E-state index in [1.807, 2.05) is 29.2 Å². The molecule has 4 heteroatoms. The lowest BCUT2D eigenvalue weighted by atomic mass is 10.1. The van der Waals surface area contributed by atoms with Gasteiger partial charge in [0, 0.05) is 12.6 Å². The minimum Gasteiger partial charge on any atom is -0.488 e. The number of ether oxygens (including phenoxy) is 1. The Balaban J connectivity index is 2.25. The molecule has 1 aliphatic rings. The second-order valence-electron chi connectivity index (χ2n) is 5.88. The topological polar surface area (TPSA) is 32.8 Å². The zero-order valence-corrected chi connectivity index (χ0v) is 12.8. The van der Waals surface area contributed by atoms with Crippen molar-refractivity contribution in [2.75, 3.05) is 27.2 Å². The van der Waals surface area contributed by atoms with Crippen LogP contribution in [0.2, 0.25) is 0 Å². The van der Waals surface area contributed by atoms with Gasteiger partial charge in [0.15, 0.2) is 0 Å². The van der Waals surface area contributed by atoms with Gasteiger partial charge in [-0.15, -0.1) is 0 Å². The van der Waals surface area contributed by atoms with Crippen LogP contribution >= 0.6 is 0 Å². The molecule has 0 bridgehead atoms. The highest BCUT2D eigenvalue weighted by Crippen LogP contribution is 2.26. The van der Waals surface area contributed by atoms with Gasteiger partial charge in [-0.2, -0.15) is 0 Å². The van der Waals surface area contributed by atoms with E-state index in [2.05, 4.69) is 32.8 Å². The summed E-state index contributed by atoms with van der Waals surface area (Å²) in [5.74, 6) is 0.785. The van der Waals surface area contributed by atoms with Crippen molar-refractivity contribution in [1.29, 1.82) is 0 Å². The summed E-state index contributed by atoms with van der Waals surface area (Å²) in [6.07, 6.45) is 0.963. The number of amides is 1. The Labute approximate surface area is 121 Å². The Morgan fingerprint density at radius 1 is 1.35 bits per heavy atom. The molecule has 0 spiro atoms. The normalized spacial score (nSPS) is 19.0. The standard InChI is InChI=1S/C16H24N2O2/c1-12(2)18-11-13(9-10-17(3)4)20-15-8-6-5-7-14(15)16(18)19/h5-8,12-13H,9-11H2,1-4H3. The van der Waals surface area contributed by atoms with E-state index in [1.54, 1.807) is 0 Å². The van der Waals surface area contributed by atoms with Crippen LogP contribution in [-0.2, 0) is 0 Å². The van der Waals surface area contributed by atoms with E-state index in [0.717, 1.165) is 13.0 Å². The van der Waals surface area contributed by atoms with Crippen molar-refractivity contribution in [1.82, 2.24) is 9.80 Å². The van der Waals surface area contributed by atoms with Gasteiger partial charge < -0.3 is 14.5 Å². The molecule has 0 saturated heterocycles. The van der Waals surface area contributed by atoms with Crippen LogP contribution < -0.4 is 4.74 Å². The highest BCUT2D eigenvalue weighted by atomic mass is 16.5. The quantitative estimate of drug-likeness (QED) is 0.845. The molecule has 0 aliphatic carbocycles. The van der Waals surface area contributed by atoms with E-state index in [-0.39, 0.29) is 18.1 Å². The average molecular weight is 276 g/mol. The summed E-state index contributed by atoms with van der Waals surface area (Å²) in [7, 11) is 4.10. The van der Waals surface area contributed by atoms with Gasteiger partial charge >= 0.3 is 0 Å². The minimum absolute atomic E-state index is 0.0485. The van der Waals surface area contributed by atoms with Crippen molar-refractivity contribution in [3.63, 3.8) is 0 Å². The number of para-hydroxylation sites is 1. The highest BCUT2D eigenvalue weighted by molar-refractivity contribution is 5.97. The van der Waals surface area contributed by atoms with Crippen LogP contribution in [0.5, 0.6) is 5.75 Å². The third-order valence-electron chi connectivity index (χ3n) is 3.59. The maximum absolute atomic E-state index is 12.6. The van der Waals surface area contributed by atoms with Gasteiger partial charge in [-0.05, 0) is 46.5 Å². The Morgan fingerprint density at radius 3 is 2.70 bits per heavy atom. The van der Waals surface area contributed by atoms with Gasteiger partial charge in [-0.1, -0.05) is 12.1 Å². The molecule has 1 atom stereocenters. The van der Waals surface area contributed by atoms with E-state index in [4.69, 9.17) is 4.74 Å². The first kappa shape index (κ1) is 14.9. The molecule has 2 rings (SSSR count). The van der Waals surface area contributed by atoms with Crippen LogP contribution in [0.4, 0.5) is 0 Å². The average Bonchev–Trinajstić information content (AvgIpc) is 2.54. The fourth-order valence-corrected chi connectivity index (χ4v) is 2.42. The number of hydrogen-bond acceptors (Lipinski definition) is 3. The fourth-order valence-electron chi connectivity index (χ4n) is 2.42. The van der Waals surface area contributed by atoms with Gasteiger partial charge in [0.1, 0.15) is 11.9 Å². The fraction of sp³-hybridized carbons (Fsp3) is 0.562. The summed E-state index contributed by atoms with van der Waals surface area (Å²) in [4.78, 5) is 16.6. The molecule has 1 aliphatic heterocycles. The zero-order chi connectivity index (χ0) is 14.7. The highest BCUT2D eigenvalue weighted by Gasteiger charge is 2.29. The summed E-state index contributed by atoms with van der Waals surface area (Å²) in [5, 5.41) is 0. The van der Waals surface area contributed by atoms with E-state index >= 15 is 0 Å². The summed E-state index contributed by atoms with van der Waals surface area (Å²) < 4.78 is 6.07. The molecule has 1 amide bonds. The third-order valence-corrected chi connectivity index (χ3v) is 3.59. The van der Waals surface area contributed by atoms with Crippen LogP contribution in [0, 0.1) is 0 Å². The summed E-state index contributed by atoms with van der Waals surface area (Å²) in [5.41, 5.74) is 0.675. The first-order chi connectivity index (χ1) is 9.49. The second-order valence-corrected chi connectivity index (χ2v) is 5.88. The van der Waals surface area contributed by atoms with E-state index in [0.29, 0.717) is 17.9 Å². The van der Waals surface area contributed by atoms with Crippen molar-refractivity contribution in [3.05, 3.63) is 29.8 Å². The minimum atomic E-state index is 0.0485. The maximum atomic E-state index is 12.6. The van der Waals surface area contributed by atoms with Crippen molar-refractivity contribution < 1.29 is 9.53 Å². The number of nitrogens with zero attached hydrogens (tertiary/aromatic N) is 2. The van der Waals surface area contributed by atoms with Crippen molar-refractivity contribution in [3.8, 4) is 5.75 Å². The predicted molar refractivity (Wildman–Crippen MR) is 80.2 cm³/mol. The molecule has 20 heavy (non-hydrogen) atoms. The largest absolute Gasteiger partial charge is 0.488 e. The van der Waals surface area contributed by atoms with Gasteiger partial charge in [0.2, 0.25) is 0 Å². The summed E-state index contributed by atoms with van der Waals surface area (Å²) in [6.45, 7) is 5.70. The van der Waals surface area contributed by atoms with Crippen molar-refractivity contribution >= 4 is 5.91 Å². The molecule has 0 N–H and O–H groups in total. The van der Waals surface area contributed by atoms with Crippen LogP contribution in [0.25, 0.3) is 0 Å². The lowest BCUT2D eigenvalue weighted by Gasteiger charge is -2.28. The van der Waals surface area contributed by atoms with E-state index < -0.39 is 0 Å². The van der Waals surface area contributed by atoms with E-state index in [9.17, 15) is 4.79 Å². The Hall–Kier alpha value is -1.55. The molecule has 1 heterocycles. The van der Waals surface area contributed by atoms with Crippen molar-refractivity contribution in [2.24, 2.45) is 0 Å². The van der Waals surface area contributed by atoms with Crippen LogP contribution in [0.15, 0.2) is 24.3 Å². The maximum Gasteiger partial charge on any atom is 0.257 e. The van der Waals surface area contributed by atoms with E-state index in [1.165, 1.54) is 0 Å². The van der Waals surface area contributed by atoms with Crippen molar-refractivity contribution in [2.45, 2.75) is 32.4 Å². The molecule has 110 valence electrons. The summed E-state index contributed by atoms with van der Waals surface area (Å²) in [6, 6.07) is 7.72. The molecule has 4 nitrogen and oxygen atoms in total. The van der Waals surface area contributed by atoms with Gasteiger partial charge in [0.05, 0.1) is 12.1 Å². The SMILES string of the molecule is CC(C)N1CC(CCN(C)C)Oc2ccccc2C1=O. The lowest BCUT2D eigenvalue weighted by Crippen LogP contribution is -2.42. The molecule has 0 saturated carbocycles. The Morgan fingerprint density at radius 2 is 2.05 bits per heavy atom. The molecular weight excluding hydrogens is 252 g/mol. The molecule has 1 aromatic carbocycles. The number of carbonyl (C=O) groups excluding carboxylic acids is 1. The number of fused-ring (bicyclic) bond motifs is 1. The van der Waals surface area contributed by atoms with Gasteiger partial charge in [-0.25, -0.2) is 0 Å². The third kappa shape index (κ3) is 3.31. The molecule has 1 unspecified atom stereocenters. The predicted octanol–water partition coefficient (Wildman–Crippen LogP) is 2.25. The summed E-state index contributed by atoms with van der Waals surface area (Å²) >= 11 is 0. The first-order valence-electron chi connectivity index (χ1n) is 7.20. The van der Waals surface area contributed by atoms with Crippen LogP contribution in [0.3, 0.4) is 0 Å². The molecule has 0 aromatic heterocycles. The smallest absolute Gasteiger partial charge is 0.257 e. The lowest BCUT2D eigenvalue weighted by molar-refractivity contribution is 0.0632. The van der Waals surface area contributed by atoms with Gasteiger partial charge in [0.25, 0.3) is 5.91 Å². The monoisotopic (exact) mass is 276 g/mol. The van der Waals surface area contributed by atoms with Gasteiger partial charge in [-0.3, -0.25) is 4.79 Å². The molecular formula is C16H24N2O2. The second kappa shape index (κ2) is 6.27. The number of rotatable bonds is 4. The molecule has 1 aromatic rings. The van der Waals surface area contributed by atoms with Crippen LogP contribution in [0.1, 0.15) is 30.6 Å². The number of carbonyl (C=O) groups is 1. The number of benzene rings is 1. The zero-order valence-electron chi connectivity index (χ0n) is 12.8.